The first kappa shape index (κ1) is 11.2. The zero-order valence-electron chi connectivity index (χ0n) is 10.4. The maximum atomic E-state index is 6.27. The van der Waals surface area contributed by atoms with E-state index in [1.807, 2.05) is 25.1 Å². The summed E-state index contributed by atoms with van der Waals surface area (Å²) >= 11 is 6.27. The smallest absolute Gasteiger partial charge is 0.0659 e. The third kappa shape index (κ3) is 2.11. The number of halogens is 1. The highest BCUT2D eigenvalue weighted by atomic mass is 35.5. The molecule has 2 saturated carbocycles. The Hall–Kier alpha value is -0.890. The number of rotatable bonds is 3. The van der Waals surface area contributed by atoms with Crippen molar-refractivity contribution in [2.45, 2.75) is 25.3 Å². The SMILES string of the molecule is CN(C)c1ccc(NC2CC[C@H]3C[C@@H]23)cc1Cl. The van der Waals surface area contributed by atoms with Crippen LogP contribution in [0.25, 0.3) is 0 Å². The van der Waals surface area contributed by atoms with Gasteiger partial charge in [-0.05, 0) is 49.3 Å². The number of benzene rings is 1. The van der Waals surface area contributed by atoms with Crippen molar-refractivity contribution in [3.63, 3.8) is 0 Å². The molecule has 0 radical (unpaired) electrons. The third-order valence-electron chi connectivity index (χ3n) is 4.12. The van der Waals surface area contributed by atoms with E-state index in [9.17, 15) is 0 Å². The highest BCUT2D eigenvalue weighted by molar-refractivity contribution is 6.33. The molecule has 3 rings (SSSR count). The Balaban J connectivity index is 1.73. The van der Waals surface area contributed by atoms with Gasteiger partial charge in [0.15, 0.2) is 0 Å². The van der Waals surface area contributed by atoms with Crippen molar-refractivity contribution >= 4 is 23.0 Å². The minimum absolute atomic E-state index is 0.682. The van der Waals surface area contributed by atoms with Gasteiger partial charge in [0.25, 0.3) is 0 Å². The van der Waals surface area contributed by atoms with Gasteiger partial charge in [0.1, 0.15) is 0 Å². The molecule has 0 aliphatic heterocycles. The Morgan fingerprint density at radius 3 is 2.65 bits per heavy atom. The molecule has 0 heterocycles. The maximum Gasteiger partial charge on any atom is 0.0659 e. The average molecular weight is 251 g/mol. The van der Waals surface area contributed by atoms with Crippen LogP contribution in [0.5, 0.6) is 0 Å². The van der Waals surface area contributed by atoms with E-state index in [-0.39, 0.29) is 0 Å². The molecule has 0 spiro atoms. The Morgan fingerprint density at radius 1 is 1.29 bits per heavy atom. The van der Waals surface area contributed by atoms with Gasteiger partial charge in [0, 0.05) is 25.8 Å². The van der Waals surface area contributed by atoms with Crippen LogP contribution < -0.4 is 10.2 Å². The van der Waals surface area contributed by atoms with Crippen molar-refractivity contribution in [3.05, 3.63) is 23.2 Å². The van der Waals surface area contributed by atoms with Crippen LogP contribution in [0.4, 0.5) is 11.4 Å². The van der Waals surface area contributed by atoms with Crippen LogP contribution in [0.3, 0.4) is 0 Å². The molecule has 2 fully saturated rings. The first-order valence-electron chi connectivity index (χ1n) is 6.38. The van der Waals surface area contributed by atoms with Gasteiger partial charge >= 0.3 is 0 Å². The highest BCUT2D eigenvalue weighted by Crippen LogP contribution is 2.52. The first-order valence-corrected chi connectivity index (χ1v) is 6.76. The van der Waals surface area contributed by atoms with Crippen molar-refractivity contribution in [2.24, 2.45) is 11.8 Å². The number of nitrogens with zero attached hydrogens (tertiary/aromatic N) is 1. The molecule has 2 aliphatic carbocycles. The number of hydrogen-bond acceptors (Lipinski definition) is 2. The second-order valence-electron chi connectivity index (χ2n) is 5.55. The van der Waals surface area contributed by atoms with E-state index in [1.54, 1.807) is 0 Å². The third-order valence-corrected chi connectivity index (χ3v) is 4.43. The fraction of sp³-hybridized carbons (Fsp3) is 0.571. The van der Waals surface area contributed by atoms with E-state index < -0.39 is 0 Å². The van der Waals surface area contributed by atoms with Crippen LogP contribution in [0, 0.1) is 11.8 Å². The topological polar surface area (TPSA) is 15.3 Å². The standard InChI is InChI=1S/C14H19ClN2/c1-17(2)14-6-4-10(8-12(14)15)16-13-5-3-9-7-11(9)13/h4,6,8-9,11,13,16H,3,5,7H2,1-2H3/t9-,11+,13?/m0/s1. The zero-order valence-corrected chi connectivity index (χ0v) is 11.2. The van der Waals surface area contributed by atoms with E-state index in [1.165, 1.54) is 19.3 Å². The van der Waals surface area contributed by atoms with Gasteiger partial charge in [0.05, 0.1) is 10.7 Å². The van der Waals surface area contributed by atoms with Crippen LogP contribution in [0.1, 0.15) is 19.3 Å². The molecule has 3 atom stereocenters. The molecule has 0 bridgehead atoms. The van der Waals surface area contributed by atoms with E-state index in [0.29, 0.717) is 6.04 Å². The lowest BCUT2D eigenvalue weighted by Gasteiger charge is -2.19. The molecule has 1 aromatic rings. The van der Waals surface area contributed by atoms with Crippen LogP contribution >= 0.6 is 11.6 Å². The average Bonchev–Trinajstić information content (AvgIpc) is 2.95. The van der Waals surface area contributed by atoms with Crippen LogP contribution in [0.2, 0.25) is 5.02 Å². The van der Waals surface area contributed by atoms with Crippen LogP contribution in [0.15, 0.2) is 18.2 Å². The Labute approximate surface area is 108 Å². The number of anilines is 2. The van der Waals surface area contributed by atoms with Crippen molar-refractivity contribution in [1.82, 2.24) is 0 Å². The second kappa shape index (κ2) is 4.09. The first-order chi connectivity index (χ1) is 8.15. The molecule has 1 aromatic carbocycles. The zero-order chi connectivity index (χ0) is 12.0. The molecule has 92 valence electrons. The van der Waals surface area contributed by atoms with Gasteiger partial charge in [-0.25, -0.2) is 0 Å². The number of fused-ring (bicyclic) bond motifs is 1. The largest absolute Gasteiger partial charge is 0.382 e. The van der Waals surface area contributed by atoms with E-state index in [4.69, 9.17) is 11.6 Å². The highest BCUT2D eigenvalue weighted by Gasteiger charge is 2.47. The number of nitrogens with one attached hydrogen (secondary N) is 1. The van der Waals surface area contributed by atoms with Crippen molar-refractivity contribution in [1.29, 1.82) is 0 Å². The molecule has 0 amide bonds. The maximum absolute atomic E-state index is 6.27. The molecular weight excluding hydrogens is 232 g/mol. The van der Waals surface area contributed by atoms with Crippen molar-refractivity contribution < 1.29 is 0 Å². The van der Waals surface area contributed by atoms with Gasteiger partial charge < -0.3 is 10.2 Å². The predicted octanol–water partition coefficient (Wildman–Crippen LogP) is 3.62. The summed E-state index contributed by atoms with van der Waals surface area (Å²) in [5.74, 6) is 1.95. The molecule has 1 unspecified atom stereocenters. The Bertz CT molecular complexity index is 430. The molecule has 17 heavy (non-hydrogen) atoms. The summed E-state index contributed by atoms with van der Waals surface area (Å²) < 4.78 is 0. The Morgan fingerprint density at radius 2 is 2.12 bits per heavy atom. The monoisotopic (exact) mass is 250 g/mol. The Kier molecular flexibility index (Phi) is 2.70. The summed E-state index contributed by atoms with van der Waals surface area (Å²) in [7, 11) is 4.03. The summed E-state index contributed by atoms with van der Waals surface area (Å²) in [6, 6.07) is 6.95. The van der Waals surface area contributed by atoms with E-state index in [2.05, 4.69) is 17.4 Å². The molecule has 1 N–H and O–H groups in total. The normalized spacial score (nSPS) is 29.9. The van der Waals surface area contributed by atoms with Crippen LogP contribution in [-0.4, -0.2) is 20.1 Å². The minimum Gasteiger partial charge on any atom is -0.382 e. The predicted molar refractivity (Wildman–Crippen MR) is 74.0 cm³/mol. The molecule has 2 aliphatic rings. The van der Waals surface area contributed by atoms with Crippen molar-refractivity contribution in [2.75, 3.05) is 24.3 Å². The summed E-state index contributed by atoms with van der Waals surface area (Å²) in [4.78, 5) is 2.04. The van der Waals surface area contributed by atoms with E-state index >= 15 is 0 Å². The summed E-state index contributed by atoms with van der Waals surface area (Å²) in [6.45, 7) is 0. The molecule has 0 aromatic heterocycles. The van der Waals surface area contributed by atoms with Gasteiger partial charge in [0.2, 0.25) is 0 Å². The summed E-state index contributed by atoms with van der Waals surface area (Å²) in [6.07, 6.45) is 4.16. The minimum atomic E-state index is 0.682. The molecule has 0 saturated heterocycles. The molecular formula is C14H19ClN2. The molecule has 3 heteroatoms. The van der Waals surface area contributed by atoms with Gasteiger partial charge in [-0.3, -0.25) is 0 Å². The second-order valence-corrected chi connectivity index (χ2v) is 5.96. The lowest BCUT2D eigenvalue weighted by Crippen LogP contribution is -2.19. The lowest BCUT2D eigenvalue weighted by molar-refractivity contribution is 0.654. The summed E-state index contributed by atoms with van der Waals surface area (Å²) in [5.41, 5.74) is 2.24. The van der Waals surface area contributed by atoms with Gasteiger partial charge in [-0.1, -0.05) is 11.6 Å². The van der Waals surface area contributed by atoms with Gasteiger partial charge in [-0.2, -0.15) is 0 Å². The lowest BCUT2D eigenvalue weighted by atomic mass is 10.1. The quantitative estimate of drug-likeness (QED) is 0.882. The molecule has 2 nitrogen and oxygen atoms in total. The van der Waals surface area contributed by atoms with Gasteiger partial charge in [-0.15, -0.1) is 0 Å². The van der Waals surface area contributed by atoms with Crippen LogP contribution in [-0.2, 0) is 0 Å². The van der Waals surface area contributed by atoms with E-state index in [0.717, 1.165) is 28.2 Å². The fourth-order valence-electron chi connectivity index (χ4n) is 3.06. The fourth-order valence-corrected chi connectivity index (χ4v) is 3.41. The number of hydrogen-bond donors (Lipinski definition) is 1. The summed E-state index contributed by atoms with van der Waals surface area (Å²) in [5, 5.41) is 4.46. The van der Waals surface area contributed by atoms with Crippen molar-refractivity contribution in [3.8, 4) is 0 Å².